The molecule has 1 atom stereocenters. The number of aliphatic carboxylic acids is 1. The summed E-state index contributed by atoms with van der Waals surface area (Å²) in [6, 6.07) is 18.0. The number of carboxylic acids is 1. The summed E-state index contributed by atoms with van der Waals surface area (Å²) in [6.07, 6.45) is 0.0999. The average Bonchev–Trinajstić information content (AvgIpc) is 2.61. The molecule has 4 nitrogen and oxygen atoms in total. The van der Waals surface area contributed by atoms with E-state index in [9.17, 15) is 19.1 Å². The maximum absolute atomic E-state index is 13.2. The molecule has 0 bridgehead atoms. The third-order valence-electron chi connectivity index (χ3n) is 4.19. The van der Waals surface area contributed by atoms with Gasteiger partial charge in [0, 0.05) is 6.42 Å². The molecule has 2 N–H and O–H groups in total. The first-order valence-electron chi connectivity index (χ1n) is 8.26. The molecule has 0 fully saturated rings. The second kappa shape index (κ2) is 7.78. The summed E-state index contributed by atoms with van der Waals surface area (Å²) in [5.41, 5.74) is 1.35. The lowest BCUT2D eigenvalue weighted by Gasteiger charge is -2.16. The first-order valence-corrected chi connectivity index (χ1v) is 8.26. The number of hydrogen-bond acceptors (Lipinski definition) is 2. The molecule has 3 rings (SSSR count). The van der Waals surface area contributed by atoms with Gasteiger partial charge < -0.3 is 10.4 Å². The third-order valence-corrected chi connectivity index (χ3v) is 4.19. The van der Waals surface area contributed by atoms with Gasteiger partial charge in [0.05, 0.1) is 6.42 Å². The smallest absolute Gasteiger partial charge is 0.326 e. The molecule has 5 heteroatoms. The molecule has 132 valence electrons. The van der Waals surface area contributed by atoms with Crippen LogP contribution in [0.4, 0.5) is 4.39 Å². The maximum Gasteiger partial charge on any atom is 0.326 e. The molecule has 1 amide bonds. The standard InChI is InChI=1S/C21H18FNO3/c22-17-9-3-5-14(11-17)12-20(24)23-19(21(25)26)13-16-8-4-7-15-6-1-2-10-18(15)16/h1-11,19H,12-13H2,(H,23,24)(H,25,26)/t19-/m0/s1. The molecule has 0 aliphatic carbocycles. The van der Waals surface area contributed by atoms with Crippen molar-refractivity contribution >= 4 is 22.6 Å². The molecule has 0 unspecified atom stereocenters. The Hall–Kier alpha value is -3.21. The van der Waals surface area contributed by atoms with Gasteiger partial charge in [-0.2, -0.15) is 0 Å². The Morgan fingerprint density at radius 1 is 1.00 bits per heavy atom. The molecule has 0 saturated heterocycles. The third kappa shape index (κ3) is 4.25. The van der Waals surface area contributed by atoms with Crippen LogP contribution in [0.5, 0.6) is 0 Å². The van der Waals surface area contributed by atoms with Crippen molar-refractivity contribution in [2.45, 2.75) is 18.9 Å². The fourth-order valence-corrected chi connectivity index (χ4v) is 2.97. The van der Waals surface area contributed by atoms with E-state index < -0.39 is 23.7 Å². The van der Waals surface area contributed by atoms with Gasteiger partial charge in [-0.3, -0.25) is 4.79 Å². The Bertz CT molecular complexity index is 949. The molecule has 0 spiro atoms. The van der Waals surface area contributed by atoms with E-state index in [2.05, 4.69) is 5.32 Å². The van der Waals surface area contributed by atoms with E-state index in [1.165, 1.54) is 18.2 Å². The zero-order valence-electron chi connectivity index (χ0n) is 14.0. The second-order valence-electron chi connectivity index (χ2n) is 6.11. The van der Waals surface area contributed by atoms with Gasteiger partial charge in [-0.25, -0.2) is 9.18 Å². The van der Waals surface area contributed by atoms with Crippen LogP contribution < -0.4 is 5.32 Å². The average molecular weight is 351 g/mol. The summed E-state index contributed by atoms with van der Waals surface area (Å²) in [6.45, 7) is 0. The Labute approximate surface area is 150 Å². The molecular formula is C21H18FNO3. The summed E-state index contributed by atoms with van der Waals surface area (Å²) in [5.74, 6) is -1.99. The number of rotatable bonds is 6. The Morgan fingerprint density at radius 3 is 2.50 bits per heavy atom. The molecule has 0 radical (unpaired) electrons. The van der Waals surface area contributed by atoms with Gasteiger partial charge >= 0.3 is 5.97 Å². The highest BCUT2D eigenvalue weighted by Crippen LogP contribution is 2.20. The van der Waals surface area contributed by atoms with Crippen LogP contribution in [0, 0.1) is 5.82 Å². The number of fused-ring (bicyclic) bond motifs is 1. The summed E-state index contributed by atoms with van der Waals surface area (Å²) in [4.78, 5) is 23.8. The number of nitrogens with one attached hydrogen (secondary N) is 1. The quantitative estimate of drug-likeness (QED) is 0.716. The van der Waals surface area contributed by atoms with E-state index >= 15 is 0 Å². The van der Waals surface area contributed by atoms with Crippen molar-refractivity contribution in [3.63, 3.8) is 0 Å². The van der Waals surface area contributed by atoms with Crippen LogP contribution in [0.3, 0.4) is 0 Å². The van der Waals surface area contributed by atoms with Crippen LogP contribution in [0.1, 0.15) is 11.1 Å². The first-order chi connectivity index (χ1) is 12.5. The lowest BCUT2D eigenvalue weighted by Crippen LogP contribution is -2.43. The molecule has 26 heavy (non-hydrogen) atoms. The normalized spacial score (nSPS) is 11.9. The Balaban J connectivity index is 1.75. The van der Waals surface area contributed by atoms with Gasteiger partial charge in [0.25, 0.3) is 0 Å². The highest BCUT2D eigenvalue weighted by molar-refractivity contribution is 5.88. The van der Waals surface area contributed by atoms with E-state index in [1.54, 1.807) is 6.07 Å². The van der Waals surface area contributed by atoms with Crippen LogP contribution in [0.25, 0.3) is 10.8 Å². The summed E-state index contributed by atoms with van der Waals surface area (Å²) in [7, 11) is 0. The predicted octanol–water partition coefficient (Wildman–Crippen LogP) is 3.33. The van der Waals surface area contributed by atoms with E-state index in [1.807, 2.05) is 42.5 Å². The van der Waals surface area contributed by atoms with Crippen molar-refractivity contribution in [1.29, 1.82) is 0 Å². The lowest BCUT2D eigenvalue weighted by molar-refractivity contribution is -0.141. The highest BCUT2D eigenvalue weighted by Gasteiger charge is 2.21. The minimum absolute atomic E-state index is 0.0723. The molecular weight excluding hydrogens is 333 g/mol. The second-order valence-corrected chi connectivity index (χ2v) is 6.11. The lowest BCUT2D eigenvalue weighted by atomic mass is 9.98. The molecule has 0 aliphatic rings. The number of amides is 1. The number of benzene rings is 3. The Morgan fingerprint density at radius 2 is 1.73 bits per heavy atom. The van der Waals surface area contributed by atoms with Gasteiger partial charge in [0.15, 0.2) is 0 Å². The molecule has 0 aromatic heterocycles. The minimum Gasteiger partial charge on any atom is -0.480 e. The largest absolute Gasteiger partial charge is 0.480 e. The fraction of sp³-hybridized carbons (Fsp3) is 0.143. The number of carboxylic acid groups (broad SMARTS) is 1. The van der Waals surface area contributed by atoms with Crippen LogP contribution in [-0.4, -0.2) is 23.0 Å². The van der Waals surface area contributed by atoms with Crippen molar-refractivity contribution in [3.05, 3.63) is 83.7 Å². The zero-order valence-corrected chi connectivity index (χ0v) is 14.0. The molecule has 3 aromatic carbocycles. The summed E-state index contributed by atoms with van der Waals surface area (Å²) >= 11 is 0. The van der Waals surface area contributed by atoms with Crippen molar-refractivity contribution in [1.82, 2.24) is 5.32 Å². The van der Waals surface area contributed by atoms with E-state index in [4.69, 9.17) is 0 Å². The van der Waals surface area contributed by atoms with Gasteiger partial charge in [0.1, 0.15) is 11.9 Å². The van der Waals surface area contributed by atoms with Crippen LogP contribution in [-0.2, 0) is 22.4 Å². The predicted molar refractivity (Wildman–Crippen MR) is 97.3 cm³/mol. The van der Waals surface area contributed by atoms with Crippen LogP contribution >= 0.6 is 0 Å². The Kier molecular flexibility index (Phi) is 5.27. The number of halogens is 1. The van der Waals surface area contributed by atoms with Gasteiger partial charge in [-0.15, -0.1) is 0 Å². The van der Waals surface area contributed by atoms with E-state index in [0.717, 1.165) is 16.3 Å². The van der Waals surface area contributed by atoms with E-state index in [0.29, 0.717) is 5.56 Å². The highest BCUT2D eigenvalue weighted by atomic mass is 19.1. The van der Waals surface area contributed by atoms with Gasteiger partial charge in [0.2, 0.25) is 5.91 Å². The SMILES string of the molecule is O=C(Cc1cccc(F)c1)N[C@@H](Cc1cccc2ccccc12)C(=O)O. The molecule has 3 aromatic rings. The number of carbonyl (C=O) groups is 2. The van der Waals surface area contributed by atoms with Crippen molar-refractivity contribution in [3.8, 4) is 0 Å². The fourth-order valence-electron chi connectivity index (χ4n) is 2.97. The van der Waals surface area contributed by atoms with Gasteiger partial charge in [-0.1, -0.05) is 54.6 Å². The van der Waals surface area contributed by atoms with Gasteiger partial charge in [-0.05, 0) is 34.0 Å². The zero-order chi connectivity index (χ0) is 18.5. The number of hydrogen-bond donors (Lipinski definition) is 2. The maximum atomic E-state index is 13.2. The van der Waals surface area contributed by atoms with Crippen molar-refractivity contribution < 1.29 is 19.1 Å². The minimum atomic E-state index is -1.11. The van der Waals surface area contributed by atoms with Crippen molar-refractivity contribution in [2.24, 2.45) is 0 Å². The number of carbonyl (C=O) groups excluding carboxylic acids is 1. The van der Waals surface area contributed by atoms with Crippen LogP contribution in [0.2, 0.25) is 0 Å². The molecule has 0 aliphatic heterocycles. The topological polar surface area (TPSA) is 66.4 Å². The first kappa shape index (κ1) is 17.6. The summed E-state index contributed by atoms with van der Waals surface area (Å²) in [5, 5.41) is 14.0. The van der Waals surface area contributed by atoms with Crippen molar-refractivity contribution in [2.75, 3.05) is 0 Å². The molecule has 0 saturated carbocycles. The molecule has 0 heterocycles. The van der Waals surface area contributed by atoms with Crippen LogP contribution in [0.15, 0.2) is 66.7 Å². The summed E-state index contributed by atoms with van der Waals surface area (Å²) < 4.78 is 13.2. The van der Waals surface area contributed by atoms with E-state index in [-0.39, 0.29) is 12.8 Å². The monoisotopic (exact) mass is 351 g/mol.